The second-order valence-electron chi connectivity index (χ2n) is 5.36. The van der Waals surface area contributed by atoms with E-state index in [4.69, 9.17) is 4.74 Å². The molecule has 1 N–H and O–H groups in total. The zero-order valence-corrected chi connectivity index (χ0v) is 11.6. The number of hydrogen-bond acceptors (Lipinski definition) is 4. The first-order valence-corrected chi connectivity index (χ1v) is 6.24. The van der Waals surface area contributed by atoms with Crippen molar-refractivity contribution >= 4 is 29.0 Å². The SMILES string of the molecule is CC(C)(C)OC(=O)Nc1cc(C=O)nc2ccccc12. The van der Waals surface area contributed by atoms with E-state index >= 15 is 0 Å². The van der Waals surface area contributed by atoms with Crippen LogP contribution in [0.25, 0.3) is 10.9 Å². The molecule has 0 aliphatic rings. The Hall–Kier alpha value is -2.43. The highest BCUT2D eigenvalue weighted by Crippen LogP contribution is 2.23. The monoisotopic (exact) mass is 272 g/mol. The Balaban J connectivity index is 2.38. The van der Waals surface area contributed by atoms with Gasteiger partial charge in [0, 0.05) is 5.39 Å². The number of benzene rings is 1. The van der Waals surface area contributed by atoms with Crippen LogP contribution in [-0.4, -0.2) is 23.0 Å². The Morgan fingerprint density at radius 1 is 1.30 bits per heavy atom. The van der Waals surface area contributed by atoms with Crippen molar-refractivity contribution in [3.05, 3.63) is 36.0 Å². The van der Waals surface area contributed by atoms with Crippen molar-refractivity contribution in [1.29, 1.82) is 0 Å². The van der Waals surface area contributed by atoms with Gasteiger partial charge in [-0.15, -0.1) is 0 Å². The van der Waals surface area contributed by atoms with Crippen LogP contribution in [0, 0.1) is 0 Å². The highest BCUT2D eigenvalue weighted by atomic mass is 16.6. The second kappa shape index (κ2) is 5.28. The van der Waals surface area contributed by atoms with Gasteiger partial charge in [-0.05, 0) is 32.9 Å². The molecular formula is C15H16N2O3. The lowest BCUT2D eigenvalue weighted by Crippen LogP contribution is -2.27. The molecule has 0 bridgehead atoms. The molecule has 0 radical (unpaired) electrons. The van der Waals surface area contributed by atoms with Crippen LogP contribution < -0.4 is 5.32 Å². The number of nitrogens with zero attached hydrogens (tertiary/aromatic N) is 1. The number of fused-ring (bicyclic) bond motifs is 1. The van der Waals surface area contributed by atoms with Crippen LogP contribution in [0.4, 0.5) is 10.5 Å². The van der Waals surface area contributed by atoms with Gasteiger partial charge in [0.05, 0.1) is 11.2 Å². The van der Waals surface area contributed by atoms with Crippen LogP contribution in [-0.2, 0) is 4.74 Å². The predicted octanol–water partition coefficient (Wildman–Crippen LogP) is 3.39. The molecule has 1 aromatic heterocycles. The summed E-state index contributed by atoms with van der Waals surface area (Å²) in [6.45, 7) is 5.36. The number of aldehydes is 1. The molecule has 5 nitrogen and oxygen atoms in total. The Bertz CT molecular complexity index is 660. The number of para-hydroxylation sites is 1. The van der Waals surface area contributed by atoms with Gasteiger partial charge in [-0.1, -0.05) is 18.2 Å². The smallest absolute Gasteiger partial charge is 0.412 e. The summed E-state index contributed by atoms with van der Waals surface area (Å²) in [5.41, 5.74) is 0.824. The largest absolute Gasteiger partial charge is 0.444 e. The minimum atomic E-state index is -0.583. The molecule has 0 aliphatic heterocycles. The highest BCUT2D eigenvalue weighted by Gasteiger charge is 2.17. The Labute approximate surface area is 117 Å². The summed E-state index contributed by atoms with van der Waals surface area (Å²) >= 11 is 0. The minimum absolute atomic E-state index is 0.259. The van der Waals surface area contributed by atoms with Crippen molar-refractivity contribution in [2.24, 2.45) is 0 Å². The number of anilines is 1. The number of ether oxygens (including phenoxy) is 1. The number of nitrogens with one attached hydrogen (secondary N) is 1. The third-order valence-electron chi connectivity index (χ3n) is 2.49. The molecule has 1 heterocycles. The molecule has 0 aliphatic carbocycles. The molecule has 0 fully saturated rings. The fourth-order valence-electron chi connectivity index (χ4n) is 1.77. The Morgan fingerprint density at radius 2 is 2.00 bits per heavy atom. The normalized spacial score (nSPS) is 11.2. The lowest BCUT2D eigenvalue weighted by Gasteiger charge is -2.20. The zero-order valence-electron chi connectivity index (χ0n) is 11.6. The maximum atomic E-state index is 11.8. The van der Waals surface area contributed by atoms with Crippen LogP contribution in [0.15, 0.2) is 30.3 Å². The molecule has 2 rings (SSSR count). The van der Waals surface area contributed by atoms with Gasteiger partial charge in [0.15, 0.2) is 6.29 Å². The van der Waals surface area contributed by atoms with Crippen LogP contribution in [0.2, 0.25) is 0 Å². The first kappa shape index (κ1) is 14.0. The van der Waals surface area contributed by atoms with E-state index in [0.29, 0.717) is 17.5 Å². The van der Waals surface area contributed by atoms with E-state index in [1.807, 2.05) is 18.2 Å². The molecule has 1 aromatic carbocycles. The topological polar surface area (TPSA) is 68.3 Å². The van der Waals surface area contributed by atoms with E-state index in [2.05, 4.69) is 10.3 Å². The van der Waals surface area contributed by atoms with E-state index in [0.717, 1.165) is 5.39 Å². The summed E-state index contributed by atoms with van der Waals surface area (Å²) in [6.07, 6.45) is 0.0814. The average molecular weight is 272 g/mol. The van der Waals surface area contributed by atoms with Gasteiger partial charge in [-0.2, -0.15) is 0 Å². The zero-order chi connectivity index (χ0) is 14.8. The number of carbonyl (C=O) groups excluding carboxylic acids is 2. The average Bonchev–Trinajstić information content (AvgIpc) is 2.36. The first-order valence-electron chi connectivity index (χ1n) is 6.24. The lowest BCUT2D eigenvalue weighted by molar-refractivity contribution is 0.0636. The molecule has 0 spiro atoms. The summed E-state index contributed by atoms with van der Waals surface area (Å²) in [4.78, 5) is 26.9. The molecule has 1 amide bonds. The molecule has 0 unspecified atom stereocenters. The number of aromatic nitrogens is 1. The van der Waals surface area contributed by atoms with Gasteiger partial charge >= 0.3 is 6.09 Å². The number of hydrogen-bond donors (Lipinski definition) is 1. The van der Waals surface area contributed by atoms with Crippen LogP contribution in [0.1, 0.15) is 31.3 Å². The van der Waals surface area contributed by atoms with Crippen molar-refractivity contribution in [2.45, 2.75) is 26.4 Å². The Kier molecular flexibility index (Phi) is 3.70. The molecule has 104 valence electrons. The molecule has 20 heavy (non-hydrogen) atoms. The van der Waals surface area contributed by atoms with Crippen molar-refractivity contribution in [2.75, 3.05) is 5.32 Å². The summed E-state index contributed by atoms with van der Waals surface area (Å²) in [5, 5.41) is 3.41. The van der Waals surface area contributed by atoms with E-state index in [-0.39, 0.29) is 5.69 Å². The fraction of sp³-hybridized carbons (Fsp3) is 0.267. The second-order valence-corrected chi connectivity index (χ2v) is 5.36. The Morgan fingerprint density at radius 3 is 2.65 bits per heavy atom. The molecular weight excluding hydrogens is 256 g/mol. The van der Waals surface area contributed by atoms with Gasteiger partial charge in [0.25, 0.3) is 0 Å². The van der Waals surface area contributed by atoms with Gasteiger partial charge in [0.2, 0.25) is 0 Å². The van der Waals surface area contributed by atoms with Gasteiger partial charge in [-0.25, -0.2) is 9.78 Å². The van der Waals surface area contributed by atoms with Gasteiger partial charge in [0.1, 0.15) is 11.3 Å². The van der Waals surface area contributed by atoms with Crippen molar-refractivity contribution in [3.63, 3.8) is 0 Å². The fourth-order valence-corrected chi connectivity index (χ4v) is 1.77. The molecule has 5 heteroatoms. The molecule has 0 saturated heterocycles. The number of carbonyl (C=O) groups is 2. The quantitative estimate of drug-likeness (QED) is 0.851. The van der Waals surface area contributed by atoms with Crippen LogP contribution in [0.3, 0.4) is 0 Å². The molecule has 0 atom stereocenters. The molecule has 2 aromatic rings. The van der Waals surface area contributed by atoms with Crippen LogP contribution >= 0.6 is 0 Å². The predicted molar refractivity (Wildman–Crippen MR) is 77.0 cm³/mol. The third-order valence-corrected chi connectivity index (χ3v) is 2.49. The van der Waals surface area contributed by atoms with Crippen molar-refractivity contribution in [3.8, 4) is 0 Å². The number of rotatable bonds is 2. The summed E-state index contributed by atoms with van der Waals surface area (Å²) in [7, 11) is 0. The minimum Gasteiger partial charge on any atom is -0.444 e. The summed E-state index contributed by atoms with van der Waals surface area (Å²) in [5.74, 6) is 0. The van der Waals surface area contributed by atoms with E-state index in [1.54, 1.807) is 26.8 Å². The van der Waals surface area contributed by atoms with Gasteiger partial charge in [-0.3, -0.25) is 10.1 Å². The third kappa shape index (κ3) is 3.32. The highest BCUT2D eigenvalue weighted by molar-refractivity contribution is 6.00. The van der Waals surface area contributed by atoms with E-state index in [9.17, 15) is 9.59 Å². The summed E-state index contributed by atoms with van der Waals surface area (Å²) in [6, 6.07) is 8.79. The standard InChI is InChI=1S/C15H16N2O3/c1-15(2,3)20-14(19)17-13-8-10(9-18)16-12-7-5-4-6-11(12)13/h4-9H,1-3H3,(H,16,17,19). The van der Waals surface area contributed by atoms with Crippen molar-refractivity contribution < 1.29 is 14.3 Å². The van der Waals surface area contributed by atoms with Crippen molar-refractivity contribution in [1.82, 2.24) is 4.98 Å². The maximum Gasteiger partial charge on any atom is 0.412 e. The maximum absolute atomic E-state index is 11.8. The summed E-state index contributed by atoms with van der Waals surface area (Å²) < 4.78 is 5.21. The van der Waals surface area contributed by atoms with E-state index < -0.39 is 11.7 Å². The molecule has 0 saturated carbocycles. The van der Waals surface area contributed by atoms with E-state index in [1.165, 1.54) is 6.07 Å². The first-order chi connectivity index (χ1) is 9.39. The number of pyridine rings is 1. The van der Waals surface area contributed by atoms with Gasteiger partial charge < -0.3 is 4.74 Å². The van der Waals surface area contributed by atoms with Crippen LogP contribution in [0.5, 0.6) is 0 Å². The number of amides is 1. The lowest BCUT2D eigenvalue weighted by atomic mass is 10.1.